The van der Waals surface area contributed by atoms with Gasteiger partial charge in [-0.3, -0.25) is 0 Å². The number of hydrogen-bond donors (Lipinski definition) is 0. The van der Waals surface area contributed by atoms with E-state index < -0.39 is 0 Å². The molecule has 3 heteroatoms. The predicted molar refractivity (Wildman–Crippen MR) is 249 cm³/mol. The Morgan fingerprint density at radius 1 is 0.310 bits per heavy atom. The number of fused-ring (bicyclic) bond motifs is 6. The van der Waals surface area contributed by atoms with Gasteiger partial charge >= 0.3 is 0 Å². The first kappa shape index (κ1) is 34.0. The molecule has 0 spiro atoms. The molecule has 0 aliphatic heterocycles. The summed E-state index contributed by atoms with van der Waals surface area (Å²) in [5, 5.41) is 8.32. The van der Waals surface area contributed by atoms with Crippen LogP contribution in [0, 0.1) is 0 Å². The molecular weight excluding hydrogens is 721 g/mol. The second kappa shape index (κ2) is 14.3. The van der Waals surface area contributed by atoms with Crippen molar-refractivity contribution in [2.45, 2.75) is 0 Å². The van der Waals surface area contributed by atoms with Crippen LogP contribution in [0.1, 0.15) is 0 Å². The SMILES string of the molecule is c1ccc(-c2ccc(N(c3ccccc3-c3ccccc3)c3ccc(-c4cccc5c4ccc4c5ccc5sc(-c6ccccc6)nc54)c4ccccc34)cc2)cc1. The molecule has 0 radical (unpaired) electrons. The predicted octanol–water partition coefficient (Wildman–Crippen LogP) is 15.9. The van der Waals surface area contributed by atoms with E-state index >= 15 is 0 Å². The fraction of sp³-hybridized carbons (Fsp3) is 0. The quantitative estimate of drug-likeness (QED) is 0.151. The van der Waals surface area contributed by atoms with Gasteiger partial charge in [-0.2, -0.15) is 0 Å². The van der Waals surface area contributed by atoms with E-state index in [1.54, 1.807) is 11.3 Å². The van der Waals surface area contributed by atoms with Crippen LogP contribution in [-0.2, 0) is 0 Å². The Kier molecular flexibility index (Phi) is 8.38. The Morgan fingerprint density at radius 3 is 1.62 bits per heavy atom. The van der Waals surface area contributed by atoms with Crippen molar-refractivity contribution in [3.8, 4) is 44.0 Å². The summed E-state index contributed by atoms with van der Waals surface area (Å²) in [4.78, 5) is 7.61. The lowest BCUT2D eigenvalue weighted by Gasteiger charge is -2.29. The first-order valence-electron chi connectivity index (χ1n) is 19.7. The fourth-order valence-electron chi connectivity index (χ4n) is 8.59. The highest BCUT2D eigenvalue weighted by molar-refractivity contribution is 7.21. The van der Waals surface area contributed by atoms with Crippen LogP contribution < -0.4 is 4.90 Å². The number of thiazole rings is 1. The largest absolute Gasteiger partial charge is 0.309 e. The van der Waals surface area contributed by atoms with Gasteiger partial charge in [0.05, 0.1) is 21.6 Å². The van der Waals surface area contributed by atoms with Crippen molar-refractivity contribution < 1.29 is 0 Å². The van der Waals surface area contributed by atoms with Crippen LogP contribution in [0.15, 0.2) is 218 Å². The van der Waals surface area contributed by atoms with Gasteiger partial charge in [0.1, 0.15) is 5.01 Å². The van der Waals surface area contributed by atoms with Gasteiger partial charge in [-0.15, -0.1) is 11.3 Å². The van der Waals surface area contributed by atoms with Crippen molar-refractivity contribution in [1.29, 1.82) is 0 Å². The van der Waals surface area contributed by atoms with Gasteiger partial charge < -0.3 is 4.90 Å². The van der Waals surface area contributed by atoms with E-state index in [-0.39, 0.29) is 0 Å². The molecule has 11 aromatic rings. The Morgan fingerprint density at radius 2 is 0.845 bits per heavy atom. The lowest BCUT2D eigenvalue weighted by Crippen LogP contribution is -2.12. The molecule has 10 aromatic carbocycles. The number of aromatic nitrogens is 1. The molecule has 1 heterocycles. The van der Waals surface area contributed by atoms with Crippen LogP contribution in [0.25, 0.3) is 86.5 Å². The Hall–Kier alpha value is -7.33. The monoisotopic (exact) mass is 756 g/mol. The van der Waals surface area contributed by atoms with Gasteiger partial charge in [0.25, 0.3) is 0 Å². The molecule has 11 rings (SSSR count). The molecule has 2 nitrogen and oxygen atoms in total. The Bertz CT molecular complexity index is 3260. The van der Waals surface area contributed by atoms with Crippen LogP contribution in [0.4, 0.5) is 17.1 Å². The average molecular weight is 757 g/mol. The van der Waals surface area contributed by atoms with E-state index in [0.717, 1.165) is 33.1 Å². The molecule has 0 aliphatic rings. The second-order valence-corrected chi connectivity index (χ2v) is 15.7. The minimum absolute atomic E-state index is 1.05. The smallest absolute Gasteiger partial charge is 0.124 e. The topological polar surface area (TPSA) is 16.1 Å². The minimum atomic E-state index is 1.05. The van der Waals surface area contributed by atoms with E-state index in [9.17, 15) is 0 Å². The Labute approximate surface area is 341 Å². The summed E-state index contributed by atoms with van der Waals surface area (Å²) in [5.74, 6) is 0. The number of para-hydroxylation sites is 1. The molecule has 58 heavy (non-hydrogen) atoms. The van der Waals surface area contributed by atoms with Gasteiger partial charge in [-0.25, -0.2) is 4.98 Å². The van der Waals surface area contributed by atoms with Crippen LogP contribution in [0.2, 0.25) is 0 Å². The standard InChI is InChI=1S/C55H36N2S/c1-4-15-37(16-5-1)38-27-29-41(30-28-38)57(51-26-13-12-21-42(51)39-17-6-2-7-18-39)52-35-33-47(45-22-10-11-23-49(45)52)43-24-14-25-44-46(43)31-32-50-48(44)34-36-53-54(50)56-55(58-53)40-19-8-3-9-20-40/h1-36H. The van der Waals surface area contributed by atoms with Gasteiger partial charge in [0.15, 0.2) is 0 Å². The molecule has 272 valence electrons. The third-order valence-corrected chi connectivity index (χ3v) is 12.4. The van der Waals surface area contributed by atoms with E-state index in [0.29, 0.717) is 0 Å². The summed E-state index contributed by atoms with van der Waals surface area (Å²) in [6.45, 7) is 0. The third-order valence-electron chi connectivity index (χ3n) is 11.3. The summed E-state index contributed by atoms with van der Waals surface area (Å²) in [6.07, 6.45) is 0. The van der Waals surface area contributed by atoms with Crippen molar-refractivity contribution in [3.05, 3.63) is 218 Å². The number of nitrogens with zero attached hydrogens (tertiary/aromatic N) is 2. The number of hydrogen-bond acceptors (Lipinski definition) is 3. The lowest BCUT2D eigenvalue weighted by molar-refractivity contribution is 1.30. The molecule has 0 aliphatic carbocycles. The van der Waals surface area contributed by atoms with Crippen molar-refractivity contribution in [3.63, 3.8) is 0 Å². The number of rotatable bonds is 7. The molecule has 0 amide bonds. The van der Waals surface area contributed by atoms with Crippen LogP contribution in [0.3, 0.4) is 0 Å². The second-order valence-electron chi connectivity index (χ2n) is 14.7. The summed E-state index contributed by atoms with van der Waals surface area (Å²) < 4.78 is 1.21. The van der Waals surface area contributed by atoms with E-state index in [1.165, 1.54) is 70.4 Å². The van der Waals surface area contributed by atoms with E-state index in [2.05, 4.69) is 223 Å². The highest BCUT2D eigenvalue weighted by Gasteiger charge is 2.21. The number of anilines is 3. The molecule has 0 fully saturated rings. The van der Waals surface area contributed by atoms with Crippen molar-refractivity contribution in [1.82, 2.24) is 4.98 Å². The Balaban J connectivity index is 1.09. The van der Waals surface area contributed by atoms with Crippen LogP contribution in [0.5, 0.6) is 0 Å². The average Bonchev–Trinajstić information content (AvgIpc) is 3.76. The molecule has 0 saturated carbocycles. The first-order valence-corrected chi connectivity index (χ1v) is 20.5. The molecule has 1 aromatic heterocycles. The molecule has 0 unspecified atom stereocenters. The van der Waals surface area contributed by atoms with Crippen molar-refractivity contribution >= 4 is 70.9 Å². The van der Waals surface area contributed by atoms with Crippen LogP contribution in [-0.4, -0.2) is 4.98 Å². The lowest BCUT2D eigenvalue weighted by atomic mass is 9.91. The molecule has 0 bridgehead atoms. The summed E-state index contributed by atoms with van der Waals surface area (Å²) in [5.41, 5.74) is 12.7. The van der Waals surface area contributed by atoms with Gasteiger partial charge in [-0.05, 0) is 79.7 Å². The van der Waals surface area contributed by atoms with E-state index in [4.69, 9.17) is 4.98 Å². The first-order chi connectivity index (χ1) is 28.8. The molecular formula is C55H36N2S. The van der Waals surface area contributed by atoms with Gasteiger partial charge in [0, 0.05) is 27.6 Å². The highest BCUT2D eigenvalue weighted by atomic mass is 32.1. The molecule has 0 N–H and O–H groups in total. The van der Waals surface area contributed by atoms with Crippen molar-refractivity contribution in [2.75, 3.05) is 4.90 Å². The normalized spacial score (nSPS) is 11.4. The van der Waals surface area contributed by atoms with Gasteiger partial charge in [-0.1, -0.05) is 188 Å². The minimum Gasteiger partial charge on any atom is -0.309 e. The zero-order valence-electron chi connectivity index (χ0n) is 31.6. The fourth-order valence-corrected chi connectivity index (χ4v) is 9.58. The maximum Gasteiger partial charge on any atom is 0.124 e. The summed E-state index contributed by atoms with van der Waals surface area (Å²) >= 11 is 1.76. The summed E-state index contributed by atoms with van der Waals surface area (Å²) in [6, 6.07) is 78.9. The summed E-state index contributed by atoms with van der Waals surface area (Å²) in [7, 11) is 0. The molecule has 0 saturated heterocycles. The van der Waals surface area contributed by atoms with Gasteiger partial charge in [0.2, 0.25) is 0 Å². The molecule has 0 atom stereocenters. The third kappa shape index (κ3) is 5.84. The number of benzene rings is 10. The maximum atomic E-state index is 5.18. The zero-order valence-corrected chi connectivity index (χ0v) is 32.4. The highest BCUT2D eigenvalue weighted by Crippen LogP contribution is 2.47. The zero-order chi connectivity index (χ0) is 38.4. The van der Waals surface area contributed by atoms with Crippen molar-refractivity contribution in [2.24, 2.45) is 0 Å². The van der Waals surface area contributed by atoms with Crippen LogP contribution >= 0.6 is 11.3 Å². The van der Waals surface area contributed by atoms with E-state index in [1.807, 2.05) is 0 Å². The maximum absolute atomic E-state index is 5.18.